The molecule has 2 fully saturated rings. The van der Waals surface area contributed by atoms with E-state index in [2.05, 4.69) is 4.90 Å². The van der Waals surface area contributed by atoms with Crippen molar-refractivity contribution in [3.05, 3.63) is 33.7 Å². The Morgan fingerprint density at radius 2 is 1.83 bits per heavy atom. The van der Waals surface area contributed by atoms with E-state index >= 15 is 0 Å². The smallest absolute Gasteiger partial charge is 0.341 e. The van der Waals surface area contributed by atoms with Crippen molar-refractivity contribution in [2.45, 2.75) is 64.5 Å². The largest absolute Gasteiger partial charge is 0.477 e. The lowest BCUT2D eigenvalue weighted by atomic mass is 9.90. The molecule has 1 saturated heterocycles. The zero-order valence-electron chi connectivity index (χ0n) is 14.5. The van der Waals surface area contributed by atoms with E-state index in [1.807, 2.05) is 0 Å². The maximum atomic E-state index is 12.4. The molecule has 3 rings (SSSR count). The van der Waals surface area contributed by atoms with E-state index in [9.17, 15) is 14.7 Å². The van der Waals surface area contributed by atoms with Gasteiger partial charge in [0.25, 0.3) is 5.56 Å². The molecule has 1 aliphatic carbocycles. The number of rotatable bonds is 4. The second-order valence-electron chi connectivity index (χ2n) is 7.41. The number of piperidine rings is 1. The van der Waals surface area contributed by atoms with Gasteiger partial charge >= 0.3 is 5.97 Å². The zero-order valence-corrected chi connectivity index (χ0v) is 14.5. The lowest BCUT2D eigenvalue weighted by molar-refractivity contribution is 0.0692. The quantitative estimate of drug-likeness (QED) is 0.921. The van der Waals surface area contributed by atoms with Crippen molar-refractivity contribution < 1.29 is 9.90 Å². The summed E-state index contributed by atoms with van der Waals surface area (Å²) in [5.41, 5.74) is 0.0882. The van der Waals surface area contributed by atoms with Crippen LogP contribution in [0.25, 0.3) is 0 Å². The number of aromatic nitrogens is 1. The van der Waals surface area contributed by atoms with Crippen LogP contribution in [0.5, 0.6) is 0 Å². The van der Waals surface area contributed by atoms with Crippen LogP contribution in [0, 0.1) is 12.8 Å². The number of hydrogen-bond donors (Lipinski definition) is 1. The van der Waals surface area contributed by atoms with Crippen LogP contribution in [-0.4, -0.2) is 39.7 Å². The molecule has 1 N–H and O–H groups in total. The maximum Gasteiger partial charge on any atom is 0.341 e. The summed E-state index contributed by atoms with van der Waals surface area (Å²) in [5.74, 6) is -0.661. The van der Waals surface area contributed by atoms with Crippen molar-refractivity contribution in [3.8, 4) is 0 Å². The number of pyridine rings is 1. The van der Waals surface area contributed by atoms with E-state index in [0.717, 1.165) is 32.0 Å². The molecular formula is C19H28N2O3. The minimum absolute atomic E-state index is 0.0860. The van der Waals surface area contributed by atoms with Gasteiger partial charge in [-0.25, -0.2) is 4.79 Å². The molecular weight excluding hydrogens is 304 g/mol. The van der Waals surface area contributed by atoms with Crippen LogP contribution >= 0.6 is 0 Å². The average Bonchev–Trinajstić information content (AvgIpc) is 2.59. The van der Waals surface area contributed by atoms with Crippen molar-refractivity contribution in [1.29, 1.82) is 0 Å². The van der Waals surface area contributed by atoms with Crippen LogP contribution < -0.4 is 5.56 Å². The lowest BCUT2D eigenvalue weighted by Gasteiger charge is -2.39. The third-order valence-corrected chi connectivity index (χ3v) is 5.78. The first-order valence-electron chi connectivity index (χ1n) is 9.23. The molecule has 24 heavy (non-hydrogen) atoms. The third kappa shape index (κ3) is 3.72. The number of carboxylic acids is 1. The molecule has 0 amide bonds. The predicted octanol–water partition coefficient (Wildman–Crippen LogP) is 2.90. The molecule has 5 heteroatoms. The van der Waals surface area contributed by atoms with Gasteiger partial charge in [-0.1, -0.05) is 19.3 Å². The molecule has 1 saturated carbocycles. The molecule has 1 aromatic heterocycles. The van der Waals surface area contributed by atoms with Gasteiger partial charge in [0, 0.05) is 18.8 Å². The fraction of sp³-hybridized carbons (Fsp3) is 0.684. The van der Waals surface area contributed by atoms with Crippen molar-refractivity contribution in [2.75, 3.05) is 13.1 Å². The summed E-state index contributed by atoms with van der Waals surface area (Å²) in [4.78, 5) is 26.3. The zero-order chi connectivity index (χ0) is 17.1. The number of carboxylic acid groups (broad SMARTS) is 1. The molecule has 0 aromatic carbocycles. The highest BCUT2D eigenvalue weighted by Crippen LogP contribution is 2.27. The Morgan fingerprint density at radius 3 is 2.46 bits per heavy atom. The predicted molar refractivity (Wildman–Crippen MR) is 93.6 cm³/mol. The molecule has 132 valence electrons. The second kappa shape index (κ2) is 7.51. The SMILES string of the molecule is Cc1ccn(CC2CCN(C3CCCCC3)CC2)c(=O)c1C(=O)O. The van der Waals surface area contributed by atoms with Crippen LogP contribution in [-0.2, 0) is 6.54 Å². The summed E-state index contributed by atoms with van der Waals surface area (Å²) in [5, 5.41) is 9.24. The molecule has 0 unspecified atom stereocenters. The highest BCUT2D eigenvalue weighted by molar-refractivity contribution is 5.88. The molecule has 5 nitrogen and oxygen atoms in total. The summed E-state index contributed by atoms with van der Waals surface area (Å²) in [6, 6.07) is 2.50. The lowest BCUT2D eigenvalue weighted by Crippen LogP contribution is -2.43. The van der Waals surface area contributed by atoms with Gasteiger partial charge in [-0.2, -0.15) is 0 Å². The van der Waals surface area contributed by atoms with Gasteiger partial charge in [-0.3, -0.25) is 4.79 Å². The highest BCUT2D eigenvalue weighted by atomic mass is 16.4. The first kappa shape index (κ1) is 17.2. The summed E-state index contributed by atoms with van der Waals surface area (Å²) >= 11 is 0. The molecule has 0 spiro atoms. The number of likely N-dealkylation sites (tertiary alicyclic amines) is 1. The van der Waals surface area contributed by atoms with E-state index < -0.39 is 5.97 Å². The topological polar surface area (TPSA) is 62.5 Å². The summed E-state index contributed by atoms with van der Waals surface area (Å²) in [7, 11) is 0. The first-order chi connectivity index (χ1) is 11.6. The van der Waals surface area contributed by atoms with E-state index in [0.29, 0.717) is 18.0 Å². The summed E-state index contributed by atoms with van der Waals surface area (Å²) in [6.07, 6.45) is 10.7. The number of nitrogens with zero attached hydrogens (tertiary/aromatic N) is 2. The fourth-order valence-corrected chi connectivity index (χ4v) is 4.29. The Balaban J connectivity index is 1.61. The van der Waals surface area contributed by atoms with Crippen molar-refractivity contribution in [3.63, 3.8) is 0 Å². The van der Waals surface area contributed by atoms with Crippen LogP contribution in [0.2, 0.25) is 0 Å². The third-order valence-electron chi connectivity index (χ3n) is 5.78. The molecule has 0 atom stereocenters. The van der Waals surface area contributed by atoms with Crippen LogP contribution in [0.15, 0.2) is 17.1 Å². The van der Waals surface area contributed by atoms with Gasteiger partial charge in [0.2, 0.25) is 0 Å². The minimum Gasteiger partial charge on any atom is -0.477 e. The van der Waals surface area contributed by atoms with E-state index in [-0.39, 0.29) is 11.1 Å². The standard InChI is InChI=1S/C19H28N2O3/c1-14-7-10-21(18(22)17(14)19(23)24)13-15-8-11-20(12-9-15)16-5-3-2-4-6-16/h7,10,15-16H,2-6,8-9,11-13H2,1H3,(H,23,24). The van der Waals surface area contributed by atoms with E-state index in [4.69, 9.17) is 0 Å². The molecule has 2 aliphatic rings. The summed E-state index contributed by atoms with van der Waals surface area (Å²) in [6.45, 7) is 4.54. The van der Waals surface area contributed by atoms with Gasteiger partial charge < -0.3 is 14.6 Å². The van der Waals surface area contributed by atoms with E-state index in [1.54, 1.807) is 23.8 Å². The fourth-order valence-electron chi connectivity index (χ4n) is 4.29. The van der Waals surface area contributed by atoms with Gasteiger partial charge in [-0.15, -0.1) is 0 Å². The van der Waals surface area contributed by atoms with Gasteiger partial charge in [0.15, 0.2) is 0 Å². The molecule has 0 bridgehead atoms. The van der Waals surface area contributed by atoms with Crippen molar-refractivity contribution in [1.82, 2.24) is 9.47 Å². The first-order valence-corrected chi connectivity index (χ1v) is 9.23. The molecule has 1 aromatic rings. The maximum absolute atomic E-state index is 12.4. The average molecular weight is 332 g/mol. The molecule has 2 heterocycles. The number of aryl methyl sites for hydroxylation is 1. The van der Waals surface area contributed by atoms with Crippen LogP contribution in [0.3, 0.4) is 0 Å². The van der Waals surface area contributed by atoms with Crippen LogP contribution in [0.4, 0.5) is 0 Å². The summed E-state index contributed by atoms with van der Waals surface area (Å²) < 4.78 is 1.59. The van der Waals surface area contributed by atoms with Crippen LogP contribution in [0.1, 0.15) is 60.9 Å². The Morgan fingerprint density at radius 1 is 1.17 bits per heavy atom. The van der Waals surface area contributed by atoms with Gasteiger partial charge in [0.05, 0.1) is 0 Å². The number of carbonyl (C=O) groups is 1. The molecule has 1 aliphatic heterocycles. The van der Waals surface area contributed by atoms with Crippen molar-refractivity contribution in [2.24, 2.45) is 5.92 Å². The van der Waals surface area contributed by atoms with Gasteiger partial charge in [-0.05, 0) is 63.2 Å². The Kier molecular flexibility index (Phi) is 5.39. The second-order valence-corrected chi connectivity index (χ2v) is 7.41. The number of aromatic carboxylic acids is 1. The van der Waals surface area contributed by atoms with Gasteiger partial charge in [0.1, 0.15) is 5.56 Å². The molecule has 0 radical (unpaired) electrons. The Labute approximate surface area is 143 Å². The monoisotopic (exact) mass is 332 g/mol. The highest BCUT2D eigenvalue weighted by Gasteiger charge is 2.26. The van der Waals surface area contributed by atoms with E-state index in [1.165, 1.54) is 32.1 Å². The normalized spacial score (nSPS) is 21.0. The Bertz CT molecular complexity index is 639. The minimum atomic E-state index is -1.13. The Hall–Kier alpha value is -1.62. The number of hydrogen-bond acceptors (Lipinski definition) is 3. The van der Waals surface area contributed by atoms with Crippen molar-refractivity contribution >= 4 is 5.97 Å².